The Kier molecular flexibility index (Phi) is 6.06. The zero-order valence-electron chi connectivity index (χ0n) is 14.2. The van der Waals surface area contributed by atoms with Crippen LogP contribution in [-0.4, -0.2) is 22.9 Å². The first kappa shape index (κ1) is 19.2. The molecule has 0 bridgehead atoms. The Hall–Kier alpha value is -2.08. The molecule has 0 spiro atoms. The minimum atomic E-state index is -1.07. The largest absolute Gasteiger partial charge is 0.481 e. The number of amides is 2. The van der Waals surface area contributed by atoms with E-state index in [0.29, 0.717) is 0 Å². The monoisotopic (exact) mass is 366 g/mol. The lowest BCUT2D eigenvalue weighted by molar-refractivity contribution is -0.145. The summed E-state index contributed by atoms with van der Waals surface area (Å²) in [7, 11) is 0. The number of benzene rings is 1. The third-order valence-corrected chi connectivity index (χ3v) is 5.37. The van der Waals surface area contributed by atoms with Crippen molar-refractivity contribution in [2.24, 2.45) is 17.1 Å². The number of carboxylic acid groups (broad SMARTS) is 1. The molecule has 0 heterocycles. The SMILES string of the molecule is CC(CC(=O)O)(C(=O)Nc1cccc(Cl)c1C(N)=O)C1CCCCC1. The molecular weight excluding hydrogens is 344 g/mol. The quantitative estimate of drug-likeness (QED) is 0.716. The summed E-state index contributed by atoms with van der Waals surface area (Å²) >= 11 is 6.01. The van der Waals surface area contributed by atoms with Crippen molar-refractivity contribution in [3.8, 4) is 0 Å². The molecule has 1 aliphatic rings. The molecule has 25 heavy (non-hydrogen) atoms. The highest BCUT2D eigenvalue weighted by molar-refractivity contribution is 6.34. The van der Waals surface area contributed by atoms with Gasteiger partial charge in [-0.05, 0) is 37.8 Å². The predicted molar refractivity (Wildman–Crippen MR) is 95.5 cm³/mol. The number of carboxylic acids is 1. The molecule has 2 rings (SSSR count). The van der Waals surface area contributed by atoms with Crippen molar-refractivity contribution in [3.63, 3.8) is 0 Å². The summed E-state index contributed by atoms with van der Waals surface area (Å²) in [6, 6.07) is 4.64. The summed E-state index contributed by atoms with van der Waals surface area (Å²) < 4.78 is 0. The molecule has 1 atom stereocenters. The van der Waals surface area contributed by atoms with Gasteiger partial charge in [0.2, 0.25) is 5.91 Å². The second-order valence-corrected chi connectivity index (χ2v) is 7.21. The van der Waals surface area contributed by atoms with Crippen LogP contribution in [0.15, 0.2) is 18.2 Å². The molecular formula is C18H23ClN2O4. The first-order chi connectivity index (χ1) is 11.8. The number of hydrogen-bond acceptors (Lipinski definition) is 3. The van der Waals surface area contributed by atoms with Gasteiger partial charge in [-0.2, -0.15) is 0 Å². The average molecular weight is 367 g/mol. The molecule has 7 heteroatoms. The molecule has 6 nitrogen and oxygen atoms in total. The van der Waals surface area contributed by atoms with Crippen LogP contribution < -0.4 is 11.1 Å². The van der Waals surface area contributed by atoms with E-state index in [0.717, 1.165) is 32.1 Å². The molecule has 2 amide bonds. The summed E-state index contributed by atoms with van der Waals surface area (Å²) in [5.74, 6) is -2.22. The number of nitrogens with two attached hydrogens (primary N) is 1. The average Bonchev–Trinajstić information content (AvgIpc) is 2.54. The van der Waals surface area contributed by atoms with Gasteiger partial charge in [0.25, 0.3) is 5.91 Å². The summed E-state index contributed by atoms with van der Waals surface area (Å²) in [5.41, 5.74) is 4.52. The molecule has 4 N–H and O–H groups in total. The Bertz CT molecular complexity index is 686. The number of anilines is 1. The summed E-state index contributed by atoms with van der Waals surface area (Å²) in [5, 5.41) is 12.1. The smallest absolute Gasteiger partial charge is 0.304 e. The third kappa shape index (κ3) is 4.31. The van der Waals surface area contributed by atoms with Crippen LogP contribution >= 0.6 is 11.6 Å². The van der Waals surface area contributed by atoms with E-state index >= 15 is 0 Å². The lowest BCUT2D eigenvalue weighted by Crippen LogP contribution is -2.43. The van der Waals surface area contributed by atoms with Gasteiger partial charge in [0.1, 0.15) is 0 Å². The van der Waals surface area contributed by atoms with Crippen molar-refractivity contribution >= 4 is 35.1 Å². The first-order valence-electron chi connectivity index (χ1n) is 8.37. The Morgan fingerprint density at radius 3 is 2.48 bits per heavy atom. The highest BCUT2D eigenvalue weighted by atomic mass is 35.5. The van der Waals surface area contributed by atoms with Crippen molar-refractivity contribution in [1.29, 1.82) is 0 Å². The fraction of sp³-hybridized carbons (Fsp3) is 0.500. The van der Waals surface area contributed by atoms with Gasteiger partial charge in [0.05, 0.1) is 28.1 Å². The Balaban J connectivity index is 2.33. The van der Waals surface area contributed by atoms with E-state index in [4.69, 9.17) is 17.3 Å². The van der Waals surface area contributed by atoms with Gasteiger partial charge < -0.3 is 16.2 Å². The number of primary amides is 1. The first-order valence-corrected chi connectivity index (χ1v) is 8.75. The number of carbonyl (C=O) groups excluding carboxylic acids is 2. The molecule has 1 unspecified atom stereocenters. The fourth-order valence-electron chi connectivity index (χ4n) is 3.61. The van der Waals surface area contributed by atoms with Gasteiger partial charge in [-0.25, -0.2) is 0 Å². The standard InChI is InChI=1S/C18H23ClN2O4/c1-18(10-14(22)23,11-6-3-2-4-7-11)17(25)21-13-9-5-8-12(19)15(13)16(20)24/h5,8-9,11H,2-4,6-7,10H2,1H3,(H2,20,24)(H,21,25)(H,22,23). The van der Waals surface area contributed by atoms with Crippen LogP contribution in [0, 0.1) is 11.3 Å². The van der Waals surface area contributed by atoms with E-state index in [1.165, 1.54) is 12.1 Å². The van der Waals surface area contributed by atoms with Crippen LogP contribution in [0.1, 0.15) is 55.8 Å². The molecule has 0 aromatic heterocycles. The minimum absolute atomic E-state index is 0.0198. The number of nitrogens with one attached hydrogen (secondary N) is 1. The normalized spacial score (nSPS) is 17.5. The number of rotatable bonds is 6. The lowest BCUT2D eigenvalue weighted by Gasteiger charge is -2.37. The fourth-order valence-corrected chi connectivity index (χ4v) is 3.88. The van der Waals surface area contributed by atoms with Gasteiger partial charge in [0, 0.05) is 0 Å². The zero-order valence-corrected chi connectivity index (χ0v) is 14.9. The summed E-state index contributed by atoms with van der Waals surface area (Å²) in [4.78, 5) is 36.0. The van der Waals surface area contributed by atoms with E-state index in [-0.39, 0.29) is 28.6 Å². The topological polar surface area (TPSA) is 109 Å². The Morgan fingerprint density at radius 2 is 1.92 bits per heavy atom. The molecule has 0 aliphatic heterocycles. The molecule has 1 fully saturated rings. The Morgan fingerprint density at radius 1 is 1.28 bits per heavy atom. The summed E-state index contributed by atoms with van der Waals surface area (Å²) in [6.45, 7) is 1.68. The molecule has 1 aromatic rings. The molecule has 0 radical (unpaired) electrons. The maximum atomic E-state index is 13.0. The van der Waals surface area contributed by atoms with E-state index in [9.17, 15) is 19.5 Å². The summed E-state index contributed by atoms with van der Waals surface area (Å²) in [6.07, 6.45) is 4.43. The van der Waals surface area contributed by atoms with Crippen LogP contribution in [0.3, 0.4) is 0 Å². The van der Waals surface area contributed by atoms with Crippen molar-refractivity contribution < 1.29 is 19.5 Å². The highest BCUT2D eigenvalue weighted by Gasteiger charge is 2.43. The second-order valence-electron chi connectivity index (χ2n) is 6.80. The van der Waals surface area contributed by atoms with Crippen molar-refractivity contribution in [3.05, 3.63) is 28.8 Å². The molecule has 1 saturated carbocycles. The van der Waals surface area contributed by atoms with E-state index < -0.39 is 23.2 Å². The van der Waals surface area contributed by atoms with Gasteiger partial charge in [-0.1, -0.05) is 36.9 Å². The van der Waals surface area contributed by atoms with E-state index in [1.807, 2.05) is 0 Å². The van der Waals surface area contributed by atoms with Crippen LogP contribution in [-0.2, 0) is 9.59 Å². The molecule has 0 saturated heterocycles. The predicted octanol–water partition coefficient (Wildman–Crippen LogP) is 3.44. The lowest BCUT2D eigenvalue weighted by atomic mass is 9.67. The molecule has 136 valence electrons. The third-order valence-electron chi connectivity index (χ3n) is 5.05. The zero-order chi connectivity index (χ0) is 18.6. The van der Waals surface area contributed by atoms with E-state index in [2.05, 4.69) is 5.32 Å². The Labute approximate surface area is 151 Å². The van der Waals surface area contributed by atoms with Crippen LogP contribution in [0.4, 0.5) is 5.69 Å². The number of halogens is 1. The van der Waals surface area contributed by atoms with Crippen molar-refractivity contribution in [2.75, 3.05) is 5.32 Å². The number of carbonyl (C=O) groups is 3. The van der Waals surface area contributed by atoms with Crippen LogP contribution in [0.5, 0.6) is 0 Å². The van der Waals surface area contributed by atoms with Crippen molar-refractivity contribution in [1.82, 2.24) is 0 Å². The maximum absolute atomic E-state index is 13.0. The van der Waals surface area contributed by atoms with Crippen LogP contribution in [0.25, 0.3) is 0 Å². The number of hydrogen-bond donors (Lipinski definition) is 3. The van der Waals surface area contributed by atoms with Gasteiger partial charge in [0.15, 0.2) is 0 Å². The number of aliphatic carboxylic acids is 1. The van der Waals surface area contributed by atoms with E-state index in [1.54, 1.807) is 13.0 Å². The second kappa shape index (κ2) is 7.87. The van der Waals surface area contributed by atoms with Crippen molar-refractivity contribution in [2.45, 2.75) is 45.4 Å². The highest BCUT2D eigenvalue weighted by Crippen LogP contribution is 2.42. The van der Waals surface area contributed by atoms with Gasteiger partial charge >= 0.3 is 5.97 Å². The van der Waals surface area contributed by atoms with Gasteiger partial charge in [-0.3, -0.25) is 14.4 Å². The maximum Gasteiger partial charge on any atom is 0.304 e. The molecule has 1 aliphatic carbocycles. The van der Waals surface area contributed by atoms with Gasteiger partial charge in [-0.15, -0.1) is 0 Å². The molecule has 1 aromatic carbocycles. The minimum Gasteiger partial charge on any atom is -0.481 e. The van der Waals surface area contributed by atoms with Crippen LogP contribution in [0.2, 0.25) is 5.02 Å².